The number of benzene rings is 1. The quantitative estimate of drug-likeness (QED) is 0.396. The minimum absolute atomic E-state index is 0. The zero-order valence-corrected chi connectivity index (χ0v) is 17.0. The summed E-state index contributed by atoms with van der Waals surface area (Å²) in [6, 6.07) is 3.38. The molecule has 9 heteroatoms. The van der Waals surface area contributed by atoms with Crippen LogP contribution in [0.25, 0.3) is 0 Å². The second-order valence-corrected chi connectivity index (χ2v) is 5.93. The number of hydrogen-bond donors (Lipinski definition) is 2. The molecule has 2 N–H and O–H groups in total. The highest BCUT2D eigenvalue weighted by atomic mass is 127. The van der Waals surface area contributed by atoms with Gasteiger partial charge < -0.3 is 15.2 Å². The molecular weight excluding hydrogens is 453 g/mol. The average molecular weight is 476 g/mol. The predicted octanol–water partition coefficient (Wildman–Crippen LogP) is 2.77. The van der Waals surface area contributed by atoms with Crippen molar-refractivity contribution in [3.63, 3.8) is 0 Å². The number of guanidine groups is 1. The van der Waals surface area contributed by atoms with Gasteiger partial charge in [-0.1, -0.05) is 0 Å². The van der Waals surface area contributed by atoms with E-state index < -0.39 is 11.6 Å². The summed E-state index contributed by atoms with van der Waals surface area (Å²) in [5.74, 6) is 1.47. The molecule has 2 heterocycles. The van der Waals surface area contributed by atoms with Crippen LogP contribution in [0.3, 0.4) is 0 Å². The van der Waals surface area contributed by atoms with Gasteiger partial charge in [0.2, 0.25) is 0 Å². The number of hydrogen-bond acceptors (Lipinski definition) is 3. The highest BCUT2D eigenvalue weighted by Crippen LogP contribution is 2.14. The molecule has 0 spiro atoms. The van der Waals surface area contributed by atoms with E-state index in [9.17, 15) is 8.78 Å². The van der Waals surface area contributed by atoms with Crippen molar-refractivity contribution < 1.29 is 8.78 Å². The lowest BCUT2D eigenvalue weighted by Crippen LogP contribution is -2.37. The second kappa shape index (κ2) is 9.79. The maximum absolute atomic E-state index is 13.7. The van der Waals surface area contributed by atoms with Crippen LogP contribution in [0.5, 0.6) is 0 Å². The molecule has 1 aliphatic rings. The summed E-state index contributed by atoms with van der Waals surface area (Å²) < 4.78 is 29.1. The smallest absolute Gasteiger partial charge is 0.191 e. The van der Waals surface area contributed by atoms with Gasteiger partial charge in [0.1, 0.15) is 17.5 Å². The Balaban J connectivity index is 0.00000243. The first-order chi connectivity index (χ1) is 12.2. The molecule has 0 saturated carbocycles. The SMILES string of the molecule is CCNC(=NCc1cc(F)ccc1F)NCc1nnc2n1CCCC2.I. The van der Waals surface area contributed by atoms with Crippen LogP contribution in [0.1, 0.15) is 37.0 Å². The predicted molar refractivity (Wildman–Crippen MR) is 106 cm³/mol. The Morgan fingerprint density at radius 1 is 1.23 bits per heavy atom. The molecule has 1 aliphatic heterocycles. The van der Waals surface area contributed by atoms with Crippen molar-refractivity contribution in [3.8, 4) is 0 Å². The summed E-state index contributed by atoms with van der Waals surface area (Å²) >= 11 is 0. The standard InChI is InChI=1S/C17H22F2N6.HI/c1-2-20-17(21-10-12-9-13(18)6-7-14(12)19)22-11-16-24-23-15-5-3-4-8-25(15)16;/h6-7,9H,2-5,8,10-11H2,1H3,(H2,20,21,22);1H. The number of fused-ring (bicyclic) bond motifs is 1. The van der Waals surface area contributed by atoms with Crippen LogP contribution < -0.4 is 10.6 Å². The Morgan fingerprint density at radius 3 is 2.88 bits per heavy atom. The fourth-order valence-corrected chi connectivity index (χ4v) is 2.83. The van der Waals surface area contributed by atoms with Crippen molar-refractivity contribution in [1.29, 1.82) is 0 Å². The summed E-state index contributed by atoms with van der Waals surface area (Å²) in [7, 11) is 0. The summed E-state index contributed by atoms with van der Waals surface area (Å²) in [5, 5.41) is 14.7. The van der Waals surface area contributed by atoms with Crippen molar-refractivity contribution in [2.24, 2.45) is 4.99 Å². The van der Waals surface area contributed by atoms with E-state index in [1.807, 2.05) is 6.92 Å². The Kier molecular flexibility index (Phi) is 7.73. The number of aryl methyl sites for hydroxylation is 1. The van der Waals surface area contributed by atoms with Gasteiger partial charge in [-0.15, -0.1) is 34.2 Å². The van der Waals surface area contributed by atoms with Crippen LogP contribution in [0.2, 0.25) is 0 Å². The number of rotatable bonds is 5. The van der Waals surface area contributed by atoms with E-state index in [4.69, 9.17) is 0 Å². The molecule has 26 heavy (non-hydrogen) atoms. The third-order valence-corrected chi connectivity index (χ3v) is 4.11. The first-order valence-corrected chi connectivity index (χ1v) is 8.54. The largest absolute Gasteiger partial charge is 0.357 e. The molecule has 0 bridgehead atoms. The van der Waals surface area contributed by atoms with Crippen LogP contribution in [-0.2, 0) is 26.1 Å². The molecule has 142 valence electrons. The van der Waals surface area contributed by atoms with E-state index in [2.05, 4.69) is 30.4 Å². The molecule has 6 nitrogen and oxygen atoms in total. The van der Waals surface area contributed by atoms with Crippen LogP contribution in [0, 0.1) is 11.6 Å². The van der Waals surface area contributed by atoms with Crippen molar-refractivity contribution >= 4 is 29.9 Å². The summed E-state index contributed by atoms with van der Waals surface area (Å²) in [6.07, 6.45) is 3.24. The lowest BCUT2D eigenvalue weighted by Gasteiger charge is -2.16. The number of nitrogens with zero attached hydrogens (tertiary/aromatic N) is 4. The van der Waals surface area contributed by atoms with E-state index >= 15 is 0 Å². The molecule has 0 unspecified atom stereocenters. The molecular formula is C17H23F2IN6. The molecule has 0 atom stereocenters. The van der Waals surface area contributed by atoms with Crippen LogP contribution in [0.4, 0.5) is 8.78 Å². The van der Waals surface area contributed by atoms with Gasteiger partial charge in [-0.05, 0) is 38.0 Å². The molecule has 0 aliphatic carbocycles. The molecule has 0 saturated heterocycles. The first kappa shape index (κ1) is 20.5. The summed E-state index contributed by atoms with van der Waals surface area (Å²) in [4.78, 5) is 4.33. The van der Waals surface area contributed by atoms with Crippen LogP contribution in [-0.4, -0.2) is 27.3 Å². The van der Waals surface area contributed by atoms with Gasteiger partial charge in [-0.3, -0.25) is 0 Å². The Hall–Kier alpha value is -1.78. The molecule has 2 aromatic rings. The van der Waals surface area contributed by atoms with Crippen molar-refractivity contribution in [2.75, 3.05) is 6.54 Å². The van der Waals surface area contributed by atoms with E-state index in [0.29, 0.717) is 19.0 Å². The maximum Gasteiger partial charge on any atom is 0.191 e. The van der Waals surface area contributed by atoms with Gasteiger partial charge in [-0.2, -0.15) is 0 Å². The van der Waals surface area contributed by atoms with Crippen molar-refractivity contribution in [3.05, 3.63) is 47.0 Å². The van der Waals surface area contributed by atoms with Crippen molar-refractivity contribution in [2.45, 2.75) is 45.8 Å². The van der Waals surface area contributed by atoms with E-state index in [-0.39, 0.29) is 36.1 Å². The first-order valence-electron chi connectivity index (χ1n) is 8.54. The molecule has 0 radical (unpaired) electrons. The van der Waals surface area contributed by atoms with Gasteiger partial charge >= 0.3 is 0 Å². The number of aromatic nitrogens is 3. The monoisotopic (exact) mass is 476 g/mol. The second-order valence-electron chi connectivity index (χ2n) is 5.93. The fourth-order valence-electron chi connectivity index (χ4n) is 2.83. The Labute approximate surface area is 168 Å². The molecule has 3 rings (SSSR count). The minimum atomic E-state index is -0.473. The van der Waals surface area contributed by atoms with E-state index in [1.54, 1.807) is 0 Å². The Morgan fingerprint density at radius 2 is 2.08 bits per heavy atom. The van der Waals surface area contributed by atoms with Gasteiger partial charge in [0.25, 0.3) is 0 Å². The number of nitrogens with one attached hydrogen (secondary N) is 2. The van der Waals surface area contributed by atoms with Gasteiger partial charge in [0, 0.05) is 25.1 Å². The zero-order valence-electron chi connectivity index (χ0n) is 14.6. The Bertz CT molecular complexity index is 762. The van der Waals surface area contributed by atoms with E-state index in [1.165, 1.54) is 0 Å². The summed E-state index contributed by atoms with van der Waals surface area (Å²) in [6.45, 7) is 4.07. The van der Waals surface area contributed by atoms with Gasteiger partial charge in [0.05, 0.1) is 13.1 Å². The van der Waals surface area contributed by atoms with E-state index in [0.717, 1.165) is 55.7 Å². The summed E-state index contributed by atoms with van der Waals surface area (Å²) in [5.41, 5.74) is 0.220. The highest BCUT2D eigenvalue weighted by Gasteiger charge is 2.15. The normalized spacial score (nSPS) is 13.7. The third-order valence-electron chi connectivity index (χ3n) is 4.11. The molecule has 1 aromatic carbocycles. The number of halogens is 3. The maximum atomic E-state index is 13.7. The number of aliphatic imine (C=N–C) groups is 1. The van der Waals surface area contributed by atoms with Crippen LogP contribution >= 0.6 is 24.0 Å². The average Bonchev–Trinajstić information content (AvgIpc) is 3.03. The lowest BCUT2D eigenvalue weighted by atomic mass is 10.2. The fraction of sp³-hybridized carbons (Fsp3) is 0.471. The third kappa shape index (κ3) is 5.12. The lowest BCUT2D eigenvalue weighted by molar-refractivity contribution is 0.504. The topological polar surface area (TPSA) is 67.1 Å². The highest BCUT2D eigenvalue weighted by molar-refractivity contribution is 14.0. The van der Waals surface area contributed by atoms with Gasteiger partial charge in [0.15, 0.2) is 11.8 Å². The zero-order chi connectivity index (χ0) is 17.6. The van der Waals surface area contributed by atoms with Gasteiger partial charge in [-0.25, -0.2) is 13.8 Å². The van der Waals surface area contributed by atoms with Crippen LogP contribution in [0.15, 0.2) is 23.2 Å². The van der Waals surface area contributed by atoms with Crippen molar-refractivity contribution in [1.82, 2.24) is 25.4 Å². The molecule has 0 amide bonds. The molecule has 1 aromatic heterocycles. The molecule has 0 fully saturated rings. The minimum Gasteiger partial charge on any atom is -0.357 e.